The summed E-state index contributed by atoms with van der Waals surface area (Å²) < 4.78 is 32.1. The lowest BCUT2D eigenvalue weighted by atomic mass is 10.1. The van der Waals surface area contributed by atoms with Gasteiger partial charge in [0.25, 0.3) is 0 Å². The molecule has 0 aromatic heterocycles. The summed E-state index contributed by atoms with van der Waals surface area (Å²) in [5, 5.41) is 3.02. The Kier molecular flexibility index (Phi) is 6.64. The van der Waals surface area contributed by atoms with Gasteiger partial charge in [0.15, 0.2) is 0 Å². The number of ether oxygens (including phenoxy) is 1. The fourth-order valence-electron chi connectivity index (χ4n) is 2.07. The van der Waals surface area contributed by atoms with E-state index >= 15 is 0 Å². The Morgan fingerprint density at radius 3 is 2.57 bits per heavy atom. The number of nitrogens with zero attached hydrogens (tertiary/aromatic N) is 1. The number of hydrogen-bond donors (Lipinski definition) is 1. The highest BCUT2D eigenvalue weighted by molar-refractivity contribution is 7.89. The maximum Gasteiger partial charge on any atom is 0.246 e. The molecule has 0 saturated heterocycles. The van der Waals surface area contributed by atoms with Crippen molar-refractivity contribution in [3.05, 3.63) is 23.8 Å². The second-order valence-corrected chi connectivity index (χ2v) is 7.33. The first kappa shape index (κ1) is 17.9. The summed E-state index contributed by atoms with van der Waals surface area (Å²) in [5.74, 6) is 0.696. The van der Waals surface area contributed by atoms with Crippen molar-refractivity contribution in [3.63, 3.8) is 0 Å². The zero-order valence-corrected chi connectivity index (χ0v) is 14.3. The molecule has 1 atom stereocenters. The molecule has 0 spiro atoms. The van der Waals surface area contributed by atoms with Gasteiger partial charge in [0.2, 0.25) is 10.0 Å². The molecule has 6 heteroatoms. The van der Waals surface area contributed by atoms with E-state index in [-0.39, 0.29) is 4.90 Å². The molecule has 0 saturated carbocycles. The van der Waals surface area contributed by atoms with Crippen LogP contribution in [0.15, 0.2) is 23.1 Å². The Labute approximate surface area is 128 Å². The lowest BCUT2D eigenvalue weighted by Gasteiger charge is -2.22. The molecule has 0 fully saturated rings. The third kappa shape index (κ3) is 4.43. The molecular weight excluding hydrogens is 288 g/mol. The Morgan fingerprint density at radius 1 is 1.38 bits per heavy atom. The lowest BCUT2D eigenvalue weighted by molar-refractivity contribution is 0.381. The summed E-state index contributed by atoms with van der Waals surface area (Å²) in [5.41, 5.74) is 0.911. The second-order valence-electron chi connectivity index (χ2n) is 5.31. The van der Waals surface area contributed by atoms with Gasteiger partial charge in [-0.1, -0.05) is 26.3 Å². The van der Waals surface area contributed by atoms with Gasteiger partial charge >= 0.3 is 0 Å². The maximum atomic E-state index is 12.7. The average Bonchev–Trinajstić information content (AvgIpc) is 2.47. The van der Waals surface area contributed by atoms with Gasteiger partial charge in [-0.3, -0.25) is 0 Å². The highest BCUT2D eigenvalue weighted by Crippen LogP contribution is 2.28. The van der Waals surface area contributed by atoms with Crippen LogP contribution >= 0.6 is 0 Å². The third-order valence-corrected chi connectivity index (χ3v) is 5.41. The molecule has 5 nitrogen and oxygen atoms in total. The van der Waals surface area contributed by atoms with Gasteiger partial charge in [-0.2, -0.15) is 0 Å². The normalized spacial score (nSPS) is 13.4. The first-order valence-corrected chi connectivity index (χ1v) is 8.58. The predicted molar refractivity (Wildman–Crippen MR) is 85.0 cm³/mol. The number of sulfonamides is 1. The van der Waals surface area contributed by atoms with Crippen LogP contribution < -0.4 is 10.1 Å². The number of rotatable bonds is 8. The van der Waals surface area contributed by atoms with E-state index in [1.165, 1.54) is 11.4 Å². The summed E-state index contributed by atoms with van der Waals surface area (Å²) in [6.07, 6.45) is 0.941. The first-order chi connectivity index (χ1) is 9.86. The van der Waals surface area contributed by atoms with E-state index in [1.807, 2.05) is 20.0 Å². The quantitative estimate of drug-likeness (QED) is 0.798. The first-order valence-electron chi connectivity index (χ1n) is 7.14. The Balaban J connectivity index is 3.18. The smallest absolute Gasteiger partial charge is 0.246 e. The molecule has 0 aliphatic rings. The highest BCUT2D eigenvalue weighted by atomic mass is 32.2. The summed E-state index contributed by atoms with van der Waals surface area (Å²) in [6.45, 7) is 5.21. The molecule has 0 aliphatic heterocycles. The van der Waals surface area contributed by atoms with E-state index in [0.29, 0.717) is 24.8 Å². The van der Waals surface area contributed by atoms with Crippen LogP contribution in [0.4, 0.5) is 0 Å². The number of benzene rings is 1. The predicted octanol–water partition coefficient (Wildman–Crippen LogP) is 2.08. The fourth-order valence-corrected chi connectivity index (χ4v) is 3.56. The standard InChI is InChI=1S/C15H26N2O3S/c1-6-12(2)11-17(4)21(18,19)15-9-13(10-16-3)7-8-14(15)20-5/h7-9,12,16H,6,10-11H2,1-5H3. The third-order valence-electron chi connectivity index (χ3n) is 3.56. The van der Waals surface area contributed by atoms with E-state index in [1.54, 1.807) is 19.2 Å². The molecule has 1 aromatic rings. The summed E-state index contributed by atoms with van der Waals surface area (Å²) in [4.78, 5) is 0.226. The van der Waals surface area contributed by atoms with Crippen molar-refractivity contribution in [1.29, 1.82) is 0 Å². The van der Waals surface area contributed by atoms with Gasteiger partial charge in [-0.15, -0.1) is 0 Å². The maximum absolute atomic E-state index is 12.7. The summed E-state index contributed by atoms with van der Waals surface area (Å²) in [6, 6.07) is 5.25. The van der Waals surface area contributed by atoms with E-state index in [0.717, 1.165) is 12.0 Å². The van der Waals surface area contributed by atoms with Crippen LogP contribution in [-0.4, -0.2) is 40.5 Å². The van der Waals surface area contributed by atoms with Crippen LogP contribution in [-0.2, 0) is 16.6 Å². The van der Waals surface area contributed by atoms with Crippen molar-refractivity contribution >= 4 is 10.0 Å². The van der Waals surface area contributed by atoms with E-state index in [9.17, 15) is 8.42 Å². The van der Waals surface area contributed by atoms with Crippen LogP contribution in [0, 0.1) is 5.92 Å². The van der Waals surface area contributed by atoms with Crippen molar-refractivity contribution in [3.8, 4) is 5.75 Å². The van der Waals surface area contributed by atoms with Gasteiger partial charge in [0.05, 0.1) is 7.11 Å². The van der Waals surface area contributed by atoms with Crippen molar-refractivity contribution in [2.45, 2.75) is 31.7 Å². The van der Waals surface area contributed by atoms with Crippen molar-refractivity contribution in [1.82, 2.24) is 9.62 Å². The van der Waals surface area contributed by atoms with Crippen LogP contribution in [0.1, 0.15) is 25.8 Å². The van der Waals surface area contributed by atoms with Crippen LogP contribution in [0.3, 0.4) is 0 Å². The monoisotopic (exact) mass is 314 g/mol. The molecule has 1 N–H and O–H groups in total. The summed E-state index contributed by atoms with van der Waals surface area (Å²) in [7, 11) is 1.38. The highest BCUT2D eigenvalue weighted by Gasteiger charge is 2.26. The van der Waals surface area contributed by atoms with Crippen molar-refractivity contribution in [2.75, 3.05) is 27.7 Å². The van der Waals surface area contributed by atoms with E-state index < -0.39 is 10.0 Å². The molecule has 120 valence electrons. The molecule has 21 heavy (non-hydrogen) atoms. The van der Waals surface area contributed by atoms with Crippen molar-refractivity contribution < 1.29 is 13.2 Å². The fraction of sp³-hybridized carbons (Fsp3) is 0.600. The largest absolute Gasteiger partial charge is 0.495 e. The van der Waals surface area contributed by atoms with Gasteiger partial charge in [0.1, 0.15) is 10.6 Å². The van der Waals surface area contributed by atoms with Crippen LogP contribution in [0.25, 0.3) is 0 Å². The molecule has 0 radical (unpaired) electrons. The second kappa shape index (κ2) is 7.77. The zero-order valence-electron chi connectivity index (χ0n) is 13.5. The minimum absolute atomic E-state index is 0.226. The van der Waals surface area contributed by atoms with Gasteiger partial charge in [-0.25, -0.2) is 12.7 Å². The summed E-state index contributed by atoms with van der Waals surface area (Å²) >= 11 is 0. The van der Waals surface area contributed by atoms with Gasteiger partial charge < -0.3 is 10.1 Å². The topological polar surface area (TPSA) is 58.6 Å². The number of nitrogens with one attached hydrogen (secondary N) is 1. The van der Waals surface area contributed by atoms with E-state index in [4.69, 9.17) is 4.74 Å². The SMILES string of the molecule is CCC(C)CN(C)S(=O)(=O)c1cc(CNC)ccc1OC. The van der Waals surface area contributed by atoms with Crippen LogP contribution in [0.2, 0.25) is 0 Å². The average molecular weight is 314 g/mol. The van der Waals surface area contributed by atoms with Crippen molar-refractivity contribution in [2.24, 2.45) is 5.92 Å². The molecule has 1 aromatic carbocycles. The van der Waals surface area contributed by atoms with Gasteiger partial charge in [-0.05, 0) is 30.7 Å². The van der Waals surface area contributed by atoms with Crippen LogP contribution in [0.5, 0.6) is 5.75 Å². The molecular formula is C15H26N2O3S. The molecule has 0 bridgehead atoms. The lowest BCUT2D eigenvalue weighted by Crippen LogP contribution is -2.31. The molecule has 1 rings (SSSR count). The minimum atomic E-state index is -3.55. The molecule has 0 amide bonds. The zero-order chi connectivity index (χ0) is 16.0. The Bertz CT molecular complexity index is 558. The van der Waals surface area contributed by atoms with Gasteiger partial charge in [0, 0.05) is 20.1 Å². The minimum Gasteiger partial charge on any atom is -0.495 e. The Morgan fingerprint density at radius 2 is 2.05 bits per heavy atom. The molecule has 0 aliphatic carbocycles. The Hall–Kier alpha value is -1.11. The number of methoxy groups -OCH3 is 1. The molecule has 0 heterocycles. The molecule has 1 unspecified atom stereocenters. The van der Waals surface area contributed by atoms with E-state index in [2.05, 4.69) is 12.2 Å². The number of hydrogen-bond acceptors (Lipinski definition) is 4.